The van der Waals surface area contributed by atoms with Gasteiger partial charge in [0.2, 0.25) is 0 Å². The van der Waals surface area contributed by atoms with Crippen LogP contribution >= 0.6 is 36.4 Å². The van der Waals surface area contributed by atoms with Crippen molar-refractivity contribution < 1.29 is 5.11 Å². The topological polar surface area (TPSA) is 50.1 Å². The normalized spacial score (nSPS) is 21.2. The van der Waals surface area contributed by atoms with Gasteiger partial charge < -0.3 is 15.0 Å². The number of nitrogens with zero attached hydrogens (tertiary/aromatic N) is 2. The first-order valence-electron chi connectivity index (χ1n) is 7.26. The van der Waals surface area contributed by atoms with Crippen LogP contribution in [0.15, 0.2) is 24.5 Å². The predicted molar refractivity (Wildman–Crippen MR) is 95.5 cm³/mol. The lowest BCUT2D eigenvalue weighted by Crippen LogP contribution is -2.44. The van der Waals surface area contributed by atoms with E-state index in [1.807, 2.05) is 24.5 Å². The molecule has 124 valence electrons. The number of aryl methyl sites for hydroxylation is 1. The summed E-state index contributed by atoms with van der Waals surface area (Å²) in [5.41, 5.74) is 2.06. The zero-order valence-corrected chi connectivity index (χ0v) is 14.6. The Kier molecular flexibility index (Phi) is 7.94. The SMILES string of the molecule is Cl.Cl.O[C@H]1CCCN[C@@H]1CCCn1cnc2ccc(Cl)cc21. The molecule has 1 aliphatic heterocycles. The number of aliphatic hydroxyl groups is 1. The highest BCUT2D eigenvalue weighted by atomic mass is 35.5. The summed E-state index contributed by atoms with van der Waals surface area (Å²) in [5, 5.41) is 14.1. The average Bonchev–Trinajstić information content (AvgIpc) is 2.83. The highest BCUT2D eigenvalue weighted by molar-refractivity contribution is 6.31. The van der Waals surface area contributed by atoms with Gasteiger partial charge in [-0.3, -0.25) is 0 Å². The smallest absolute Gasteiger partial charge is 0.0958 e. The van der Waals surface area contributed by atoms with Crippen LogP contribution in [0.5, 0.6) is 0 Å². The molecule has 0 unspecified atom stereocenters. The number of aromatic nitrogens is 2. The van der Waals surface area contributed by atoms with Crippen LogP contribution in [0.4, 0.5) is 0 Å². The van der Waals surface area contributed by atoms with Crippen LogP contribution in [0.2, 0.25) is 5.02 Å². The molecule has 0 amide bonds. The van der Waals surface area contributed by atoms with Crippen LogP contribution in [0.25, 0.3) is 11.0 Å². The maximum atomic E-state index is 9.94. The van der Waals surface area contributed by atoms with Gasteiger partial charge in [0, 0.05) is 17.6 Å². The van der Waals surface area contributed by atoms with Gasteiger partial charge in [0.05, 0.1) is 23.5 Å². The van der Waals surface area contributed by atoms with Crippen molar-refractivity contribution in [1.82, 2.24) is 14.9 Å². The highest BCUT2D eigenvalue weighted by Crippen LogP contribution is 2.19. The van der Waals surface area contributed by atoms with Gasteiger partial charge in [0.1, 0.15) is 0 Å². The predicted octanol–water partition coefficient (Wildman–Crippen LogP) is 3.43. The van der Waals surface area contributed by atoms with E-state index in [9.17, 15) is 5.11 Å². The third kappa shape index (κ3) is 4.49. The molecule has 0 aliphatic carbocycles. The number of rotatable bonds is 4. The Bertz CT molecular complexity index is 590. The number of hydrogen-bond donors (Lipinski definition) is 2. The van der Waals surface area contributed by atoms with Crippen LogP contribution < -0.4 is 5.32 Å². The zero-order valence-electron chi connectivity index (χ0n) is 12.2. The van der Waals surface area contributed by atoms with Crippen LogP contribution in [0.1, 0.15) is 25.7 Å². The first-order valence-corrected chi connectivity index (χ1v) is 7.64. The number of halogens is 3. The molecule has 2 atom stereocenters. The van der Waals surface area contributed by atoms with E-state index in [0.29, 0.717) is 0 Å². The summed E-state index contributed by atoms with van der Waals surface area (Å²) >= 11 is 6.04. The standard InChI is InChI=1S/C15H20ClN3O.2ClH/c16-11-5-6-12-14(9-11)19(10-18-12)8-2-3-13-15(20)4-1-7-17-13;;/h5-6,9-10,13,15,17,20H,1-4,7-8H2;2*1H/t13-,15+;;/m1../s1. The van der Waals surface area contributed by atoms with Crippen molar-refractivity contribution in [3.8, 4) is 0 Å². The fraction of sp³-hybridized carbons (Fsp3) is 0.533. The largest absolute Gasteiger partial charge is 0.392 e. The van der Waals surface area contributed by atoms with E-state index >= 15 is 0 Å². The minimum atomic E-state index is -0.197. The molecule has 0 spiro atoms. The first kappa shape index (κ1) is 19.5. The van der Waals surface area contributed by atoms with E-state index < -0.39 is 0 Å². The second-order valence-electron chi connectivity index (χ2n) is 5.48. The van der Waals surface area contributed by atoms with E-state index in [0.717, 1.165) is 54.8 Å². The Labute approximate surface area is 148 Å². The average molecular weight is 367 g/mol. The Hall–Kier alpha value is -0.520. The summed E-state index contributed by atoms with van der Waals surface area (Å²) in [5.74, 6) is 0. The van der Waals surface area contributed by atoms with E-state index in [1.165, 1.54) is 0 Å². The van der Waals surface area contributed by atoms with E-state index in [2.05, 4.69) is 14.9 Å². The van der Waals surface area contributed by atoms with E-state index in [4.69, 9.17) is 11.6 Å². The lowest BCUT2D eigenvalue weighted by molar-refractivity contribution is 0.0909. The molecule has 1 aromatic carbocycles. The second kappa shape index (κ2) is 8.94. The van der Waals surface area contributed by atoms with Gasteiger partial charge >= 0.3 is 0 Å². The van der Waals surface area contributed by atoms with Crippen molar-refractivity contribution in [2.75, 3.05) is 6.54 Å². The molecule has 4 nitrogen and oxygen atoms in total. The molecule has 0 bridgehead atoms. The van der Waals surface area contributed by atoms with Gasteiger partial charge in [-0.25, -0.2) is 4.98 Å². The zero-order chi connectivity index (χ0) is 13.9. The number of aliphatic hydroxyl groups excluding tert-OH is 1. The molecule has 0 radical (unpaired) electrons. The van der Waals surface area contributed by atoms with Gasteiger partial charge in [0.15, 0.2) is 0 Å². The molecule has 1 aromatic heterocycles. The maximum Gasteiger partial charge on any atom is 0.0958 e. The number of piperidine rings is 1. The van der Waals surface area contributed by atoms with Crippen LogP contribution in [0.3, 0.4) is 0 Å². The van der Waals surface area contributed by atoms with Crippen molar-refractivity contribution in [2.45, 2.75) is 44.4 Å². The number of fused-ring (bicyclic) bond motifs is 1. The molecule has 7 heteroatoms. The Balaban J connectivity index is 0.00000121. The molecule has 1 aliphatic rings. The third-order valence-corrected chi connectivity index (χ3v) is 4.28. The third-order valence-electron chi connectivity index (χ3n) is 4.04. The minimum absolute atomic E-state index is 0. The van der Waals surface area contributed by atoms with Crippen molar-refractivity contribution in [3.05, 3.63) is 29.5 Å². The summed E-state index contributed by atoms with van der Waals surface area (Å²) < 4.78 is 2.14. The number of hydrogen-bond acceptors (Lipinski definition) is 3. The fourth-order valence-electron chi connectivity index (χ4n) is 2.92. The van der Waals surface area contributed by atoms with Gasteiger partial charge in [-0.2, -0.15) is 0 Å². The fourth-order valence-corrected chi connectivity index (χ4v) is 3.09. The Morgan fingerprint density at radius 2 is 2.18 bits per heavy atom. The monoisotopic (exact) mass is 365 g/mol. The quantitative estimate of drug-likeness (QED) is 0.871. The molecule has 1 fully saturated rings. The Morgan fingerprint density at radius 1 is 1.36 bits per heavy atom. The second-order valence-corrected chi connectivity index (χ2v) is 5.92. The van der Waals surface area contributed by atoms with Crippen LogP contribution in [-0.2, 0) is 6.54 Å². The number of benzene rings is 1. The summed E-state index contributed by atoms with van der Waals surface area (Å²) in [7, 11) is 0. The first-order chi connectivity index (χ1) is 9.74. The minimum Gasteiger partial charge on any atom is -0.392 e. The molecule has 1 saturated heterocycles. The van der Waals surface area contributed by atoms with E-state index in [1.54, 1.807) is 0 Å². The van der Waals surface area contributed by atoms with Crippen molar-refractivity contribution in [1.29, 1.82) is 0 Å². The lowest BCUT2D eigenvalue weighted by atomic mass is 9.97. The van der Waals surface area contributed by atoms with Crippen molar-refractivity contribution >= 4 is 47.4 Å². The molecule has 3 rings (SSSR count). The molecular weight excluding hydrogens is 345 g/mol. The number of nitrogens with one attached hydrogen (secondary N) is 1. The molecule has 22 heavy (non-hydrogen) atoms. The van der Waals surface area contributed by atoms with Gasteiger partial charge in [-0.05, 0) is 50.4 Å². The summed E-state index contributed by atoms with van der Waals surface area (Å²) in [6.07, 6.45) is 5.67. The van der Waals surface area contributed by atoms with Gasteiger partial charge in [0.25, 0.3) is 0 Å². The van der Waals surface area contributed by atoms with Crippen molar-refractivity contribution in [2.24, 2.45) is 0 Å². The molecule has 0 saturated carbocycles. The van der Waals surface area contributed by atoms with E-state index in [-0.39, 0.29) is 37.0 Å². The summed E-state index contributed by atoms with van der Waals surface area (Å²) in [4.78, 5) is 4.38. The van der Waals surface area contributed by atoms with Crippen LogP contribution in [0, 0.1) is 0 Å². The summed E-state index contributed by atoms with van der Waals surface area (Å²) in [6, 6.07) is 6.00. The molecule has 2 aromatic rings. The molecular formula is C15H22Cl3N3O. The van der Waals surface area contributed by atoms with Crippen LogP contribution in [-0.4, -0.2) is 33.3 Å². The summed E-state index contributed by atoms with van der Waals surface area (Å²) in [6.45, 7) is 1.92. The number of imidazole rings is 1. The molecule has 2 heterocycles. The Morgan fingerprint density at radius 3 is 2.95 bits per heavy atom. The highest BCUT2D eigenvalue weighted by Gasteiger charge is 2.21. The molecule has 2 N–H and O–H groups in total. The lowest BCUT2D eigenvalue weighted by Gasteiger charge is -2.29. The maximum absolute atomic E-state index is 9.94. The van der Waals surface area contributed by atoms with Crippen molar-refractivity contribution in [3.63, 3.8) is 0 Å². The van der Waals surface area contributed by atoms with Gasteiger partial charge in [-0.1, -0.05) is 11.6 Å². The van der Waals surface area contributed by atoms with Gasteiger partial charge in [-0.15, -0.1) is 24.8 Å².